The molecule has 0 aromatic heterocycles. The highest BCUT2D eigenvalue weighted by molar-refractivity contribution is 6.30. The van der Waals surface area contributed by atoms with Gasteiger partial charge in [0, 0.05) is 11.5 Å². The third-order valence-electron chi connectivity index (χ3n) is 2.63. The summed E-state index contributed by atoms with van der Waals surface area (Å²) in [4.78, 5) is 0. The predicted molar refractivity (Wildman–Crippen MR) is 59.2 cm³/mol. The van der Waals surface area contributed by atoms with E-state index in [-0.39, 0.29) is 23.0 Å². The van der Waals surface area contributed by atoms with Crippen LogP contribution < -0.4 is 5.73 Å². The Morgan fingerprint density at radius 3 is 2.50 bits per heavy atom. The molecule has 0 heterocycles. The zero-order valence-electron chi connectivity index (χ0n) is 8.88. The van der Waals surface area contributed by atoms with Crippen LogP contribution in [0.5, 0.6) is 0 Å². The van der Waals surface area contributed by atoms with Gasteiger partial charge in [-0.05, 0) is 25.1 Å². The van der Waals surface area contributed by atoms with Crippen molar-refractivity contribution in [1.82, 2.24) is 0 Å². The summed E-state index contributed by atoms with van der Waals surface area (Å²) in [6.07, 6.45) is -0.525. The zero-order chi connectivity index (χ0) is 12.3. The predicted octanol–water partition coefficient (Wildman–Crippen LogP) is 2.64. The normalized spacial score (nSPS) is 14.9. The molecule has 0 aliphatic rings. The molecular weight excluding hydrogens is 236 g/mol. The first-order valence-electron chi connectivity index (χ1n) is 5.03. The van der Waals surface area contributed by atoms with Crippen molar-refractivity contribution < 1.29 is 13.9 Å². The monoisotopic (exact) mass is 249 g/mol. The molecule has 1 aromatic rings. The Labute approximate surface area is 98.0 Å². The van der Waals surface area contributed by atoms with E-state index in [2.05, 4.69) is 0 Å². The molecule has 0 amide bonds. The molecule has 0 spiro atoms. The van der Waals surface area contributed by atoms with Crippen LogP contribution in [0.2, 0.25) is 5.02 Å². The molecule has 0 saturated carbocycles. The fourth-order valence-electron chi connectivity index (χ4n) is 1.54. The van der Waals surface area contributed by atoms with Crippen LogP contribution in [0.4, 0.5) is 8.78 Å². The maximum atomic E-state index is 13.5. The average Bonchev–Trinajstić information content (AvgIpc) is 2.25. The lowest BCUT2D eigenvalue weighted by Gasteiger charge is -2.20. The number of hydrogen-bond acceptors (Lipinski definition) is 2. The minimum absolute atomic E-state index is 0.0980. The molecule has 2 unspecified atom stereocenters. The number of rotatable bonds is 4. The maximum Gasteiger partial charge on any atom is 0.142 e. The minimum atomic E-state index is -1.11. The summed E-state index contributed by atoms with van der Waals surface area (Å²) in [6.45, 7) is 2.03. The molecule has 1 aromatic carbocycles. The van der Waals surface area contributed by atoms with E-state index in [4.69, 9.17) is 17.3 Å². The van der Waals surface area contributed by atoms with Gasteiger partial charge >= 0.3 is 0 Å². The summed E-state index contributed by atoms with van der Waals surface area (Å²) >= 11 is 5.42. The van der Waals surface area contributed by atoms with Crippen molar-refractivity contribution >= 4 is 11.6 Å². The molecule has 5 heteroatoms. The fourth-order valence-corrected chi connectivity index (χ4v) is 1.69. The largest absolute Gasteiger partial charge is 0.388 e. The average molecular weight is 250 g/mol. The molecule has 0 fully saturated rings. The van der Waals surface area contributed by atoms with Gasteiger partial charge in [-0.3, -0.25) is 0 Å². The van der Waals surface area contributed by atoms with Gasteiger partial charge in [0.2, 0.25) is 0 Å². The molecular formula is C11H14ClF2NO. The third kappa shape index (κ3) is 2.70. The van der Waals surface area contributed by atoms with Crippen LogP contribution in [0.3, 0.4) is 0 Å². The molecule has 0 bridgehead atoms. The molecule has 0 saturated heterocycles. The number of halogens is 3. The maximum absolute atomic E-state index is 13.5. The van der Waals surface area contributed by atoms with E-state index in [0.29, 0.717) is 6.42 Å². The Kier molecular flexibility index (Phi) is 4.65. The first kappa shape index (κ1) is 13.4. The first-order valence-corrected chi connectivity index (χ1v) is 5.41. The fraction of sp³-hybridized carbons (Fsp3) is 0.455. The van der Waals surface area contributed by atoms with Gasteiger partial charge < -0.3 is 10.8 Å². The summed E-state index contributed by atoms with van der Waals surface area (Å²) in [7, 11) is 0. The Balaban J connectivity index is 3.07. The van der Waals surface area contributed by atoms with Gasteiger partial charge in [-0.25, -0.2) is 8.78 Å². The van der Waals surface area contributed by atoms with E-state index in [1.54, 1.807) is 0 Å². The molecule has 2 atom stereocenters. The van der Waals surface area contributed by atoms with Crippen LogP contribution in [0.15, 0.2) is 12.1 Å². The van der Waals surface area contributed by atoms with E-state index < -0.39 is 17.7 Å². The van der Waals surface area contributed by atoms with Gasteiger partial charge in [0.1, 0.15) is 11.6 Å². The van der Waals surface area contributed by atoms with E-state index in [1.807, 2.05) is 6.92 Å². The Bertz CT molecular complexity index is 369. The molecule has 90 valence electrons. The van der Waals surface area contributed by atoms with Gasteiger partial charge in [-0.1, -0.05) is 18.5 Å². The summed E-state index contributed by atoms with van der Waals surface area (Å²) < 4.78 is 26.6. The summed E-state index contributed by atoms with van der Waals surface area (Å²) in [5.74, 6) is -1.76. The highest BCUT2D eigenvalue weighted by atomic mass is 35.5. The van der Waals surface area contributed by atoms with E-state index in [1.165, 1.54) is 0 Å². The lowest BCUT2D eigenvalue weighted by atomic mass is 9.93. The lowest BCUT2D eigenvalue weighted by Crippen LogP contribution is -2.22. The lowest BCUT2D eigenvalue weighted by molar-refractivity contribution is 0.106. The van der Waals surface area contributed by atoms with Crippen molar-refractivity contribution in [2.75, 3.05) is 6.54 Å². The number of aliphatic hydroxyl groups excluding tert-OH is 1. The number of aliphatic hydroxyl groups is 1. The molecule has 1 rings (SSSR count). The van der Waals surface area contributed by atoms with Crippen molar-refractivity contribution in [3.8, 4) is 0 Å². The van der Waals surface area contributed by atoms with E-state index >= 15 is 0 Å². The number of nitrogens with two attached hydrogens (primary N) is 1. The molecule has 2 nitrogen and oxygen atoms in total. The smallest absolute Gasteiger partial charge is 0.142 e. The summed E-state index contributed by atoms with van der Waals surface area (Å²) in [6, 6.07) is 1.78. The van der Waals surface area contributed by atoms with Crippen molar-refractivity contribution in [1.29, 1.82) is 0 Å². The summed E-state index contributed by atoms with van der Waals surface area (Å²) in [5, 5.41) is 9.55. The van der Waals surface area contributed by atoms with Crippen molar-refractivity contribution in [3.05, 3.63) is 34.4 Å². The number of hydrogen-bond donors (Lipinski definition) is 2. The van der Waals surface area contributed by atoms with Crippen molar-refractivity contribution in [2.45, 2.75) is 19.4 Å². The highest BCUT2D eigenvalue weighted by Gasteiger charge is 2.22. The second-order valence-electron chi connectivity index (χ2n) is 3.64. The number of benzene rings is 1. The van der Waals surface area contributed by atoms with Crippen LogP contribution in [0, 0.1) is 17.6 Å². The summed E-state index contributed by atoms with van der Waals surface area (Å²) in [5.41, 5.74) is 5.34. The second-order valence-corrected chi connectivity index (χ2v) is 4.04. The highest BCUT2D eigenvalue weighted by Crippen LogP contribution is 2.29. The van der Waals surface area contributed by atoms with Crippen molar-refractivity contribution in [3.63, 3.8) is 0 Å². The van der Waals surface area contributed by atoms with Gasteiger partial charge in [-0.2, -0.15) is 0 Å². The van der Waals surface area contributed by atoms with E-state index in [0.717, 1.165) is 12.1 Å². The zero-order valence-corrected chi connectivity index (χ0v) is 9.64. The van der Waals surface area contributed by atoms with Crippen LogP contribution >= 0.6 is 11.6 Å². The molecule has 16 heavy (non-hydrogen) atoms. The van der Waals surface area contributed by atoms with Crippen LogP contribution in [0.25, 0.3) is 0 Å². The molecule has 0 aliphatic heterocycles. The molecule has 0 aliphatic carbocycles. The molecule has 3 N–H and O–H groups in total. The van der Waals surface area contributed by atoms with Crippen molar-refractivity contribution in [2.24, 2.45) is 11.7 Å². The van der Waals surface area contributed by atoms with Gasteiger partial charge in [0.05, 0.1) is 11.1 Å². The van der Waals surface area contributed by atoms with Gasteiger partial charge in [0.15, 0.2) is 0 Å². The third-order valence-corrected chi connectivity index (χ3v) is 2.92. The first-order chi connectivity index (χ1) is 7.51. The quantitative estimate of drug-likeness (QED) is 0.806. The van der Waals surface area contributed by atoms with Gasteiger partial charge in [0.25, 0.3) is 0 Å². The minimum Gasteiger partial charge on any atom is -0.388 e. The van der Waals surface area contributed by atoms with Crippen LogP contribution in [-0.4, -0.2) is 11.7 Å². The van der Waals surface area contributed by atoms with Crippen LogP contribution in [-0.2, 0) is 0 Å². The topological polar surface area (TPSA) is 46.2 Å². The molecule has 0 radical (unpaired) electrons. The van der Waals surface area contributed by atoms with Gasteiger partial charge in [-0.15, -0.1) is 0 Å². The Hall–Kier alpha value is -0.710. The van der Waals surface area contributed by atoms with Crippen LogP contribution in [0.1, 0.15) is 25.0 Å². The van der Waals surface area contributed by atoms with E-state index in [9.17, 15) is 13.9 Å². The Morgan fingerprint density at radius 1 is 1.38 bits per heavy atom. The SMILES string of the molecule is CCC(CN)C(O)c1cc(F)c(Cl)cc1F. The Morgan fingerprint density at radius 2 is 2.00 bits per heavy atom. The standard InChI is InChI=1S/C11H14ClF2NO/c1-2-6(5-15)11(16)7-3-10(14)8(12)4-9(7)13/h3-4,6,11,16H,2,5,15H2,1H3. The second kappa shape index (κ2) is 5.57.